The number of hydrogen-bond donors (Lipinski definition) is 3. The van der Waals surface area contributed by atoms with Crippen LogP contribution in [-0.4, -0.2) is 23.5 Å². The molecule has 0 spiro atoms. The van der Waals surface area contributed by atoms with Gasteiger partial charge in [-0.15, -0.1) is 0 Å². The van der Waals surface area contributed by atoms with Crippen molar-refractivity contribution in [3.63, 3.8) is 0 Å². The molecule has 0 atom stereocenters. The fraction of sp³-hybridized carbons (Fsp3) is 0.273. The summed E-state index contributed by atoms with van der Waals surface area (Å²) < 4.78 is 0. The van der Waals surface area contributed by atoms with E-state index in [1.807, 2.05) is 0 Å². The maximum absolute atomic E-state index is 11.7. The smallest absolute Gasteiger partial charge is 0.252 e. The Morgan fingerprint density at radius 2 is 2.18 bits per heavy atom. The van der Waals surface area contributed by atoms with Crippen LogP contribution in [0.25, 0.3) is 0 Å². The standard InChI is InChI=1S/C11H14ClN3O2/c12-9-5-2-1-4-8(9)11(16)14-7-3-6-10(13)15-17/h1-2,4-5,17H,3,6-7H2,(H2,13,15)(H,14,16). The molecule has 4 N–H and O–H groups in total. The Hall–Kier alpha value is -1.75. The van der Waals surface area contributed by atoms with Crippen molar-refractivity contribution in [2.24, 2.45) is 10.9 Å². The van der Waals surface area contributed by atoms with Crippen LogP contribution in [0.15, 0.2) is 29.4 Å². The largest absolute Gasteiger partial charge is 0.409 e. The minimum atomic E-state index is -0.227. The van der Waals surface area contributed by atoms with Gasteiger partial charge < -0.3 is 16.3 Å². The van der Waals surface area contributed by atoms with Crippen LogP contribution in [-0.2, 0) is 0 Å². The van der Waals surface area contributed by atoms with Crippen LogP contribution in [0.4, 0.5) is 0 Å². The molecule has 17 heavy (non-hydrogen) atoms. The van der Waals surface area contributed by atoms with Crippen molar-refractivity contribution < 1.29 is 10.0 Å². The topological polar surface area (TPSA) is 87.7 Å². The Kier molecular flexibility index (Phi) is 5.29. The first-order valence-corrected chi connectivity index (χ1v) is 5.52. The van der Waals surface area contributed by atoms with E-state index in [4.69, 9.17) is 22.5 Å². The number of amidine groups is 1. The highest BCUT2D eigenvalue weighted by Gasteiger charge is 2.08. The number of carbonyl (C=O) groups is 1. The fourth-order valence-electron chi connectivity index (χ4n) is 1.26. The van der Waals surface area contributed by atoms with Crippen LogP contribution in [0.1, 0.15) is 23.2 Å². The Morgan fingerprint density at radius 3 is 2.82 bits per heavy atom. The lowest BCUT2D eigenvalue weighted by Crippen LogP contribution is -2.25. The molecule has 0 unspecified atom stereocenters. The molecular weight excluding hydrogens is 242 g/mol. The molecule has 0 saturated heterocycles. The summed E-state index contributed by atoms with van der Waals surface area (Å²) in [5.41, 5.74) is 5.73. The normalized spacial score (nSPS) is 11.2. The van der Waals surface area contributed by atoms with Crippen LogP contribution in [0.3, 0.4) is 0 Å². The van der Waals surface area contributed by atoms with Gasteiger partial charge in [0.1, 0.15) is 5.84 Å². The van der Waals surface area contributed by atoms with Crippen molar-refractivity contribution in [1.82, 2.24) is 5.32 Å². The van der Waals surface area contributed by atoms with E-state index >= 15 is 0 Å². The van der Waals surface area contributed by atoms with Crippen molar-refractivity contribution in [1.29, 1.82) is 0 Å². The van der Waals surface area contributed by atoms with E-state index in [1.54, 1.807) is 24.3 Å². The summed E-state index contributed by atoms with van der Waals surface area (Å²) in [4.78, 5) is 11.7. The third-order valence-corrected chi connectivity index (χ3v) is 2.47. The number of nitrogens with zero attached hydrogens (tertiary/aromatic N) is 1. The third-order valence-electron chi connectivity index (χ3n) is 2.14. The number of nitrogens with two attached hydrogens (primary N) is 1. The molecule has 1 aromatic carbocycles. The van der Waals surface area contributed by atoms with Crippen molar-refractivity contribution in [3.05, 3.63) is 34.9 Å². The van der Waals surface area contributed by atoms with Gasteiger partial charge in [-0.25, -0.2) is 0 Å². The van der Waals surface area contributed by atoms with Crippen LogP contribution in [0.2, 0.25) is 5.02 Å². The first-order chi connectivity index (χ1) is 8.15. The molecule has 0 aliphatic heterocycles. The molecule has 0 aliphatic rings. The number of nitrogens with one attached hydrogen (secondary N) is 1. The number of benzene rings is 1. The second-order valence-electron chi connectivity index (χ2n) is 3.43. The quantitative estimate of drug-likeness (QED) is 0.245. The van der Waals surface area contributed by atoms with Crippen molar-refractivity contribution >= 4 is 23.3 Å². The Balaban J connectivity index is 2.38. The van der Waals surface area contributed by atoms with E-state index < -0.39 is 0 Å². The number of amides is 1. The molecule has 0 aromatic heterocycles. The highest BCUT2D eigenvalue weighted by Crippen LogP contribution is 2.14. The Bertz CT molecular complexity index is 421. The van der Waals surface area contributed by atoms with Gasteiger partial charge in [-0.05, 0) is 18.6 Å². The minimum absolute atomic E-state index is 0.150. The molecule has 0 aliphatic carbocycles. The maximum atomic E-state index is 11.7. The monoisotopic (exact) mass is 255 g/mol. The molecule has 92 valence electrons. The maximum Gasteiger partial charge on any atom is 0.252 e. The summed E-state index contributed by atoms with van der Waals surface area (Å²) >= 11 is 5.87. The van der Waals surface area contributed by atoms with E-state index in [1.165, 1.54) is 0 Å². The first-order valence-electron chi connectivity index (χ1n) is 5.14. The molecule has 1 aromatic rings. The zero-order valence-electron chi connectivity index (χ0n) is 9.19. The molecule has 1 rings (SSSR count). The first kappa shape index (κ1) is 13.3. The van der Waals surface area contributed by atoms with Crippen LogP contribution < -0.4 is 11.1 Å². The predicted octanol–water partition coefficient (Wildman–Crippen LogP) is 1.60. The van der Waals surface area contributed by atoms with Gasteiger partial charge in [0.05, 0.1) is 10.6 Å². The molecule has 0 bridgehead atoms. The van der Waals surface area contributed by atoms with Crippen LogP contribution in [0, 0.1) is 0 Å². The van der Waals surface area contributed by atoms with E-state index in [0.717, 1.165) is 0 Å². The minimum Gasteiger partial charge on any atom is -0.409 e. The molecular formula is C11H14ClN3O2. The summed E-state index contributed by atoms with van der Waals surface area (Å²) in [6, 6.07) is 6.82. The van der Waals surface area contributed by atoms with Gasteiger partial charge in [-0.1, -0.05) is 28.9 Å². The van der Waals surface area contributed by atoms with Gasteiger partial charge in [0.15, 0.2) is 0 Å². The van der Waals surface area contributed by atoms with E-state index in [0.29, 0.717) is 30.0 Å². The zero-order valence-corrected chi connectivity index (χ0v) is 9.94. The average Bonchev–Trinajstić information content (AvgIpc) is 2.34. The third kappa shape index (κ3) is 4.32. The van der Waals surface area contributed by atoms with E-state index in [9.17, 15) is 4.79 Å². The number of halogens is 1. The van der Waals surface area contributed by atoms with E-state index in [-0.39, 0.29) is 11.7 Å². The Morgan fingerprint density at radius 1 is 1.47 bits per heavy atom. The summed E-state index contributed by atoms with van der Waals surface area (Å²) in [5, 5.41) is 14.3. The van der Waals surface area contributed by atoms with Gasteiger partial charge in [-0.3, -0.25) is 4.79 Å². The lowest BCUT2D eigenvalue weighted by Gasteiger charge is -2.06. The fourth-order valence-corrected chi connectivity index (χ4v) is 1.48. The average molecular weight is 256 g/mol. The van der Waals surface area contributed by atoms with Crippen molar-refractivity contribution in [2.75, 3.05) is 6.54 Å². The van der Waals surface area contributed by atoms with Gasteiger partial charge >= 0.3 is 0 Å². The summed E-state index contributed by atoms with van der Waals surface area (Å²) in [6.45, 7) is 0.445. The number of oxime groups is 1. The summed E-state index contributed by atoms with van der Waals surface area (Å²) in [6.07, 6.45) is 1.03. The lowest BCUT2D eigenvalue weighted by atomic mass is 10.2. The van der Waals surface area contributed by atoms with Gasteiger partial charge in [0.2, 0.25) is 0 Å². The summed E-state index contributed by atoms with van der Waals surface area (Å²) in [7, 11) is 0. The molecule has 5 nitrogen and oxygen atoms in total. The molecule has 1 amide bonds. The second kappa shape index (κ2) is 6.75. The summed E-state index contributed by atoms with van der Waals surface area (Å²) in [5.74, 6) is -0.0768. The van der Waals surface area contributed by atoms with Crippen molar-refractivity contribution in [2.45, 2.75) is 12.8 Å². The molecule has 0 saturated carbocycles. The SMILES string of the molecule is NC(CCCNC(=O)c1ccccc1Cl)=NO. The molecule has 6 heteroatoms. The lowest BCUT2D eigenvalue weighted by molar-refractivity contribution is 0.0953. The highest BCUT2D eigenvalue weighted by atomic mass is 35.5. The number of rotatable bonds is 5. The number of carbonyl (C=O) groups excluding carboxylic acids is 1. The Labute approximate surface area is 104 Å². The molecule has 0 fully saturated rings. The van der Waals surface area contributed by atoms with Crippen LogP contribution in [0.5, 0.6) is 0 Å². The second-order valence-corrected chi connectivity index (χ2v) is 3.84. The highest BCUT2D eigenvalue weighted by molar-refractivity contribution is 6.33. The number of hydrogen-bond acceptors (Lipinski definition) is 3. The van der Waals surface area contributed by atoms with Gasteiger partial charge in [0.25, 0.3) is 5.91 Å². The predicted molar refractivity (Wildman–Crippen MR) is 66.4 cm³/mol. The van der Waals surface area contributed by atoms with E-state index in [2.05, 4.69) is 10.5 Å². The van der Waals surface area contributed by atoms with Crippen molar-refractivity contribution in [3.8, 4) is 0 Å². The van der Waals surface area contributed by atoms with Gasteiger partial charge in [0, 0.05) is 13.0 Å². The molecule has 0 heterocycles. The zero-order chi connectivity index (χ0) is 12.7. The van der Waals surface area contributed by atoms with Crippen LogP contribution >= 0.6 is 11.6 Å². The molecule has 0 radical (unpaired) electrons. The van der Waals surface area contributed by atoms with Gasteiger partial charge in [-0.2, -0.15) is 0 Å².